The summed E-state index contributed by atoms with van der Waals surface area (Å²) >= 11 is 0. The van der Waals surface area contributed by atoms with E-state index in [9.17, 15) is 0 Å². The highest BCUT2D eigenvalue weighted by molar-refractivity contribution is 5.32. The Kier molecular flexibility index (Phi) is 8.21. The summed E-state index contributed by atoms with van der Waals surface area (Å²) in [5.41, 5.74) is 6.67. The molecule has 18 heavy (non-hydrogen) atoms. The standard InChI is InChI=1S/C14H23NO3/c1-16-8-4-9-17-10-5-11-18-14-7-3-2-6-13(14)12-15/h2-3,6-7H,4-5,8-12,15H2,1H3. The molecule has 1 aromatic rings. The Bertz CT molecular complexity index is 318. The van der Waals surface area contributed by atoms with E-state index >= 15 is 0 Å². The minimum absolute atomic E-state index is 0.504. The van der Waals surface area contributed by atoms with Gasteiger partial charge in [0.05, 0.1) is 6.61 Å². The molecule has 0 unspecified atom stereocenters. The van der Waals surface area contributed by atoms with Crippen molar-refractivity contribution in [3.63, 3.8) is 0 Å². The van der Waals surface area contributed by atoms with Crippen LogP contribution in [-0.2, 0) is 16.0 Å². The van der Waals surface area contributed by atoms with Crippen molar-refractivity contribution in [1.82, 2.24) is 0 Å². The average molecular weight is 253 g/mol. The number of hydrogen-bond donors (Lipinski definition) is 1. The van der Waals surface area contributed by atoms with E-state index < -0.39 is 0 Å². The number of hydrogen-bond acceptors (Lipinski definition) is 4. The zero-order chi connectivity index (χ0) is 13.1. The molecule has 0 spiro atoms. The van der Waals surface area contributed by atoms with E-state index in [0.29, 0.717) is 19.8 Å². The van der Waals surface area contributed by atoms with Gasteiger partial charge in [0.15, 0.2) is 0 Å². The summed E-state index contributed by atoms with van der Waals surface area (Å²) in [7, 11) is 1.70. The van der Waals surface area contributed by atoms with Gasteiger partial charge in [0.25, 0.3) is 0 Å². The number of methoxy groups -OCH3 is 1. The highest BCUT2D eigenvalue weighted by atomic mass is 16.5. The molecular formula is C14H23NO3. The van der Waals surface area contributed by atoms with Crippen molar-refractivity contribution in [2.24, 2.45) is 5.73 Å². The molecule has 102 valence electrons. The lowest BCUT2D eigenvalue weighted by atomic mass is 10.2. The summed E-state index contributed by atoms with van der Waals surface area (Å²) in [5, 5.41) is 0. The monoisotopic (exact) mass is 253 g/mol. The van der Waals surface area contributed by atoms with Crippen molar-refractivity contribution in [3.05, 3.63) is 29.8 Å². The Labute approximate surface area is 109 Å². The Morgan fingerprint density at radius 3 is 2.44 bits per heavy atom. The zero-order valence-electron chi connectivity index (χ0n) is 11.1. The normalized spacial score (nSPS) is 10.6. The van der Waals surface area contributed by atoms with Crippen molar-refractivity contribution in [2.75, 3.05) is 33.5 Å². The first-order valence-electron chi connectivity index (χ1n) is 6.36. The molecule has 0 heterocycles. The van der Waals surface area contributed by atoms with Crippen LogP contribution in [0.3, 0.4) is 0 Å². The van der Waals surface area contributed by atoms with Gasteiger partial charge in [-0.05, 0) is 12.5 Å². The smallest absolute Gasteiger partial charge is 0.123 e. The van der Waals surface area contributed by atoms with Crippen LogP contribution in [-0.4, -0.2) is 33.5 Å². The molecule has 0 radical (unpaired) electrons. The quantitative estimate of drug-likeness (QED) is 0.648. The summed E-state index contributed by atoms with van der Waals surface area (Å²) in [6.07, 6.45) is 1.82. The van der Waals surface area contributed by atoms with Gasteiger partial charge in [-0.3, -0.25) is 0 Å². The third kappa shape index (κ3) is 6.00. The summed E-state index contributed by atoms with van der Waals surface area (Å²) in [6.45, 7) is 3.37. The van der Waals surface area contributed by atoms with Crippen LogP contribution in [0, 0.1) is 0 Å². The van der Waals surface area contributed by atoms with Crippen LogP contribution in [0.1, 0.15) is 18.4 Å². The molecule has 0 amide bonds. The maximum absolute atomic E-state index is 5.67. The van der Waals surface area contributed by atoms with Gasteiger partial charge in [0.1, 0.15) is 5.75 Å². The topological polar surface area (TPSA) is 53.7 Å². The molecule has 0 aliphatic carbocycles. The molecule has 4 nitrogen and oxygen atoms in total. The molecule has 0 aromatic heterocycles. The first kappa shape index (κ1) is 15.0. The fourth-order valence-electron chi connectivity index (χ4n) is 1.56. The van der Waals surface area contributed by atoms with Crippen molar-refractivity contribution in [3.8, 4) is 5.75 Å². The molecule has 4 heteroatoms. The molecule has 0 atom stereocenters. The number of ether oxygens (including phenoxy) is 3. The van der Waals surface area contributed by atoms with Crippen LogP contribution in [0.15, 0.2) is 24.3 Å². The first-order chi connectivity index (χ1) is 8.88. The molecule has 0 saturated heterocycles. The lowest BCUT2D eigenvalue weighted by molar-refractivity contribution is 0.0940. The van der Waals surface area contributed by atoms with E-state index in [2.05, 4.69) is 0 Å². The molecule has 1 aromatic carbocycles. The van der Waals surface area contributed by atoms with Crippen LogP contribution in [0.2, 0.25) is 0 Å². The van der Waals surface area contributed by atoms with Gasteiger partial charge in [0.2, 0.25) is 0 Å². The molecule has 0 fully saturated rings. The lowest BCUT2D eigenvalue weighted by Gasteiger charge is -2.10. The van der Waals surface area contributed by atoms with Crippen LogP contribution < -0.4 is 10.5 Å². The Hall–Kier alpha value is -1.10. The van der Waals surface area contributed by atoms with E-state index in [1.165, 1.54) is 0 Å². The van der Waals surface area contributed by atoms with Gasteiger partial charge in [-0.15, -0.1) is 0 Å². The molecule has 0 saturated carbocycles. The second kappa shape index (κ2) is 9.88. The van der Waals surface area contributed by atoms with E-state index in [1.807, 2.05) is 24.3 Å². The van der Waals surface area contributed by atoms with E-state index in [-0.39, 0.29) is 0 Å². The predicted octanol–water partition coefficient (Wildman–Crippen LogP) is 1.97. The Morgan fingerprint density at radius 1 is 1.00 bits per heavy atom. The minimum Gasteiger partial charge on any atom is -0.493 e. The van der Waals surface area contributed by atoms with Crippen molar-refractivity contribution in [2.45, 2.75) is 19.4 Å². The Morgan fingerprint density at radius 2 is 1.72 bits per heavy atom. The Balaban J connectivity index is 2.07. The second-order valence-electron chi connectivity index (χ2n) is 3.97. The molecule has 2 N–H and O–H groups in total. The third-order valence-electron chi connectivity index (χ3n) is 2.52. The van der Waals surface area contributed by atoms with Gasteiger partial charge in [-0.25, -0.2) is 0 Å². The van der Waals surface area contributed by atoms with Crippen molar-refractivity contribution < 1.29 is 14.2 Å². The number of rotatable bonds is 10. The molecule has 0 bridgehead atoms. The maximum Gasteiger partial charge on any atom is 0.123 e. The number of nitrogens with two attached hydrogens (primary N) is 1. The van der Waals surface area contributed by atoms with Crippen LogP contribution >= 0.6 is 0 Å². The van der Waals surface area contributed by atoms with Gasteiger partial charge in [-0.2, -0.15) is 0 Å². The third-order valence-corrected chi connectivity index (χ3v) is 2.52. The highest BCUT2D eigenvalue weighted by Crippen LogP contribution is 2.16. The lowest BCUT2D eigenvalue weighted by Crippen LogP contribution is -2.07. The first-order valence-corrected chi connectivity index (χ1v) is 6.36. The molecule has 1 rings (SSSR count). The summed E-state index contributed by atoms with van der Waals surface area (Å²) in [6, 6.07) is 7.85. The average Bonchev–Trinajstić information content (AvgIpc) is 2.42. The number of para-hydroxylation sites is 1. The highest BCUT2D eigenvalue weighted by Gasteiger charge is 2.00. The largest absolute Gasteiger partial charge is 0.493 e. The van der Waals surface area contributed by atoms with E-state index in [4.69, 9.17) is 19.9 Å². The van der Waals surface area contributed by atoms with Crippen molar-refractivity contribution >= 4 is 0 Å². The maximum atomic E-state index is 5.67. The van der Waals surface area contributed by atoms with Crippen LogP contribution in [0.25, 0.3) is 0 Å². The van der Waals surface area contributed by atoms with Gasteiger partial charge >= 0.3 is 0 Å². The summed E-state index contributed by atoms with van der Waals surface area (Å²) in [4.78, 5) is 0. The van der Waals surface area contributed by atoms with E-state index in [0.717, 1.165) is 37.4 Å². The molecule has 0 aliphatic heterocycles. The van der Waals surface area contributed by atoms with Gasteiger partial charge in [0, 0.05) is 45.5 Å². The van der Waals surface area contributed by atoms with Gasteiger partial charge in [-0.1, -0.05) is 18.2 Å². The minimum atomic E-state index is 0.504. The van der Waals surface area contributed by atoms with Crippen molar-refractivity contribution in [1.29, 1.82) is 0 Å². The summed E-state index contributed by atoms with van der Waals surface area (Å²) in [5.74, 6) is 0.874. The fraction of sp³-hybridized carbons (Fsp3) is 0.571. The zero-order valence-corrected chi connectivity index (χ0v) is 11.1. The summed E-state index contributed by atoms with van der Waals surface area (Å²) < 4.78 is 16.1. The predicted molar refractivity (Wildman–Crippen MR) is 71.8 cm³/mol. The number of benzene rings is 1. The van der Waals surface area contributed by atoms with Crippen LogP contribution in [0.4, 0.5) is 0 Å². The fourth-order valence-corrected chi connectivity index (χ4v) is 1.56. The molecule has 0 aliphatic rings. The second-order valence-corrected chi connectivity index (χ2v) is 3.97. The molecular weight excluding hydrogens is 230 g/mol. The van der Waals surface area contributed by atoms with Gasteiger partial charge < -0.3 is 19.9 Å². The SMILES string of the molecule is COCCCOCCCOc1ccccc1CN. The van der Waals surface area contributed by atoms with E-state index in [1.54, 1.807) is 7.11 Å². The van der Waals surface area contributed by atoms with Crippen LogP contribution in [0.5, 0.6) is 5.75 Å².